The molecule has 0 amide bonds. The Hall–Kier alpha value is -0.870. The molecule has 0 saturated carbocycles. The summed E-state index contributed by atoms with van der Waals surface area (Å²) >= 11 is 0. The Bertz CT molecular complexity index is 432. The van der Waals surface area contributed by atoms with Gasteiger partial charge in [0.05, 0.1) is 5.69 Å². The van der Waals surface area contributed by atoms with E-state index in [4.69, 9.17) is 10.8 Å². The minimum Gasteiger partial charge on any atom is -0.326 e. The summed E-state index contributed by atoms with van der Waals surface area (Å²) < 4.78 is 2.07. The summed E-state index contributed by atoms with van der Waals surface area (Å²) in [7, 11) is 0. The van der Waals surface area contributed by atoms with Crippen molar-refractivity contribution in [3.05, 3.63) is 18.0 Å². The van der Waals surface area contributed by atoms with Crippen LogP contribution in [0.2, 0.25) is 0 Å². The summed E-state index contributed by atoms with van der Waals surface area (Å²) in [5, 5.41) is 4.70. The van der Waals surface area contributed by atoms with Crippen molar-refractivity contribution in [3.63, 3.8) is 0 Å². The van der Waals surface area contributed by atoms with Crippen molar-refractivity contribution in [2.75, 3.05) is 13.1 Å². The van der Waals surface area contributed by atoms with E-state index < -0.39 is 0 Å². The van der Waals surface area contributed by atoms with Gasteiger partial charge in [-0.1, -0.05) is 13.3 Å². The molecule has 1 aromatic heterocycles. The lowest BCUT2D eigenvalue weighted by molar-refractivity contribution is 0.0728. The predicted molar refractivity (Wildman–Crippen MR) is 88.4 cm³/mol. The molecular formula is C17H32N4. The molecule has 2 unspecified atom stereocenters. The number of aromatic nitrogens is 2. The molecule has 2 N–H and O–H groups in total. The maximum atomic E-state index is 6.54. The highest BCUT2D eigenvalue weighted by Crippen LogP contribution is 2.24. The van der Waals surface area contributed by atoms with Gasteiger partial charge in [0.1, 0.15) is 0 Å². The lowest BCUT2D eigenvalue weighted by atomic mass is 9.88. The van der Waals surface area contributed by atoms with Gasteiger partial charge in [-0.15, -0.1) is 0 Å². The van der Waals surface area contributed by atoms with Crippen LogP contribution in [0.15, 0.2) is 12.3 Å². The molecule has 1 aromatic rings. The van der Waals surface area contributed by atoms with E-state index in [-0.39, 0.29) is 11.6 Å². The van der Waals surface area contributed by atoms with Crippen molar-refractivity contribution in [2.45, 2.75) is 77.4 Å². The fourth-order valence-electron chi connectivity index (χ4n) is 3.10. The van der Waals surface area contributed by atoms with Gasteiger partial charge >= 0.3 is 0 Å². The van der Waals surface area contributed by atoms with Crippen LogP contribution >= 0.6 is 0 Å². The first kappa shape index (κ1) is 16.5. The quantitative estimate of drug-likeness (QED) is 0.877. The van der Waals surface area contributed by atoms with E-state index in [0.717, 1.165) is 18.5 Å². The van der Waals surface area contributed by atoms with Gasteiger partial charge in [-0.2, -0.15) is 5.10 Å². The summed E-state index contributed by atoms with van der Waals surface area (Å²) in [5.41, 5.74) is 7.70. The van der Waals surface area contributed by atoms with Crippen molar-refractivity contribution < 1.29 is 0 Å². The Kier molecular flexibility index (Phi) is 5.44. The third kappa shape index (κ3) is 3.86. The molecule has 0 aromatic carbocycles. The van der Waals surface area contributed by atoms with Gasteiger partial charge in [0, 0.05) is 30.2 Å². The molecule has 0 bridgehead atoms. The summed E-state index contributed by atoms with van der Waals surface area (Å²) in [6.07, 6.45) is 8.02. The molecule has 0 aliphatic carbocycles. The van der Waals surface area contributed by atoms with Crippen LogP contribution in [0.5, 0.6) is 0 Å². The monoisotopic (exact) mass is 292 g/mol. The molecule has 2 heterocycles. The highest BCUT2D eigenvalue weighted by molar-refractivity contribution is 5.06. The zero-order valence-electron chi connectivity index (χ0n) is 14.2. The Morgan fingerprint density at radius 1 is 1.29 bits per heavy atom. The Labute approximate surface area is 129 Å². The number of likely N-dealkylation sites (tertiary alicyclic amines) is 1. The van der Waals surface area contributed by atoms with Crippen LogP contribution in [0.25, 0.3) is 0 Å². The molecule has 2 atom stereocenters. The largest absolute Gasteiger partial charge is 0.326 e. The van der Waals surface area contributed by atoms with Gasteiger partial charge in [-0.3, -0.25) is 9.58 Å². The van der Waals surface area contributed by atoms with Gasteiger partial charge in [-0.05, 0) is 59.2 Å². The first-order valence-corrected chi connectivity index (χ1v) is 8.49. The molecule has 1 fully saturated rings. The maximum absolute atomic E-state index is 6.54. The van der Waals surface area contributed by atoms with Crippen molar-refractivity contribution in [3.8, 4) is 0 Å². The van der Waals surface area contributed by atoms with Gasteiger partial charge in [-0.25, -0.2) is 0 Å². The second-order valence-corrected chi connectivity index (χ2v) is 7.06. The van der Waals surface area contributed by atoms with E-state index in [9.17, 15) is 0 Å². The average Bonchev–Trinajstić information content (AvgIpc) is 2.95. The molecule has 4 nitrogen and oxygen atoms in total. The molecule has 21 heavy (non-hydrogen) atoms. The van der Waals surface area contributed by atoms with E-state index in [2.05, 4.69) is 49.5 Å². The van der Waals surface area contributed by atoms with Crippen molar-refractivity contribution in [2.24, 2.45) is 5.73 Å². The minimum atomic E-state index is 0.0422. The van der Waals surface area contributed by atoms with Crippen LogP contribution in [0, 0.1) is 0 Å². The third-order valence-corrected chi connectivity index (χ3v) is 5.21. The van der Waals surface area contributed by atoms with Gasteiger partial charge < -0.3 is 5.73 Å². The Morgan fingerprint density at radius 3 is 2.57 bits per heavy atom. The van der Waals surface area contributed by atoms with E-state index in [1.807, 2.05) is 0 Å². The number of nitrogens with two attached hydrogens (primary N) is 1. The topological polar surface area (TPSA) is 47.1 Å². The number of rotatable bonds is 6. The lowest BCUT2D eigenvalue weighted by Gasteiger charge is -2.44. The van der Waals surface area contributed by atoms with Crippen molar-refractivity contribution in [1.82, 2.24) is 14.7 Å². The number of nitrogens with zero attached hydrogens (tertiary/aromatic N) is 3. The smallest absolute Gasteiger partial charge is 0.0640 e. The van der Waals surface area contributed by atoms with Crippen molar-refractivity contribution in [1.29, 1.82) is 0 Å². The molecule has 0 spiro atoms. The normalized spacial score (nSPS) is 20.4. The van der Waals surface area contributed by atoms with Gasteiger partial charge in [0.25, 0.3) is 0 Å². The fraction of sp³-hybridized carbons (Fsp3) is 0.824. The summed E-state index contributed by atoms with van der Waals surface area (Å²) in [6.45, 7) is 11.3. The minimum absolute atomic E-state index is 0.0422. The van der Waals surface area contributed by atoms with Crippen LogP contribution in [-0.2, 0) is 6.42 Å². The molecule has 1 saturated heterocycles. The third-order valence-electron chi connectivity index (χ3n) is 5.21. The SMILES string of the molecule is CCC(C)n1ccc(CC(N)C(C)(C)N2CCCCC2)n1. The molecule has 1 aliphatic rings. The average molecular weight is 292 g/mol. The standard InChI is InChI=1S/C17H32N4/c1-5-14(2)21-12-9-15(19-21)13-16(18)17(3,4)20-10-7-6-8-11-20/h9,12,14,16H,5-8,10-11,13,18H2,1-4H3. The Balaban J connectivity index is 1.99. The van der Waals surface area contributed by atoms with Gasteiger partial charge in [0.2, 0.25) is 0 Å². The van der Waals surface area contributed by atoms with Crippen LogP contribution < -0.4 is 5.73 Å². The maximum Gasteiger partial charge on any atom is 0.0640 e. The first-order valence-electron chi connectivity index (χ1n) is 8.49. The second kappa shape index (κ2) is 6.93. The predicted octanol–water partition coefficient (Wildman–Crippen LogP) is 2.99. The van der Waals surface area contributed by atoms with E-state index >= 15 is 0 Å². The van der Waals surface area contributed by atoms with Crippen LogP contribution in [0.4, 0.5) is 0 Å². The number of piperidine rings is 1. The molecule has 0 radical (unpaired) electrons. The lowest BCUT2D eigenvalue weighted by Crippen LogP contribution is -2.58. The molecule has 1 aliphatic heterocycles. The highest BCUT2D eigenvalue weighted by atomic mass is 15.3. The van der Waals surface area contributed by atoms with Crippen LogP contribution in [0.3, 0.4) is 0 Å². The van der Waals surface area contributed by atoms with Crippen LogP contribution in [0.1, 0.15) is 65.1 Å². The highest BCUT2D eigenvalue weighted by Gasteiger charge is 2.34. The first-order chi connectivity index (χ1) is 9.95. The summed E-state index contributed by atoms with van der Waals surface area (Å²) in [6, 6.07) is 2.71. The molecular weight excluding hydrogens is 260 g/mol. The fourth-order valence-corrected chi connectivity index (χ4v) is 3.10. The zero-order chi connectivity index (χ0) is 15.5. The Morgan fingerprint density at radius 2 is 1.95 bits per heavy atom. The van der Waals surface area contributed by atoms with Crippen molar-refractivity contribution >= 4 is 0 Å². The molecule has 2 rings (SSSR count). The molecule has 4 heteroatoms. The van der Waals surface area contributed by atoms with Gasteiger partial charge in [0.15, 0.2) is 0 Å². The van der Waals surface area contributed by atoms with E-state index in [1.54, 1.807) is 0 Å². The zero-order valence-corrected chi connectivity index (χ0v) is 14.2. The number of hydrogen-bond acceptors (Lipinski definition) is 3. The molecule has 120 valence electrons. The van der Waals surface area contributed by atoms with E-state index in [0.29, 0.717) is 6.04 Å². The van der Waals surface area contributed by atoms with Crippen LogP contribution in [-0.4, -0.2) is 39.4 Å². The van der Waals surface area contributed by atoms with E-state index in [1.165, 1.54) is 32.4 Å². The summed E-state index contributed by atoms with van der Waals surface area (Å²) in [4.78, 5) is 2.56. The second-order valence-electron chi connectivity index (χ2n) is 7.06. The number of hydrogen-bond donors (Lipinski definition) is 1. The summed E-state index contributed by atoms with van der Waals surface area (Å²) in [5.74, 6) is 0.